The Bertz CT molecular complexity index is 1360. The van der Waals surface area contributed by atoms with Gasteiger partial charge in [0.15, 0.2) is 0 Å². The molecule has 0 spiro atoms. The topological polar surface area (TPSA) is 116 Å². The Kier molecular flexibility index (Phi) is 5.61. The van der Waals surface area contributed by atoms with E-state index in [-0.39, 0.29) is 28.6 Å². The van der Waals surface area contributed by atoms with Crippen molar-refractivity contribution in [2.24, 2.45) is 4.40 Å². The Balaban J connectivity index is 1.53. The Morgan fingerprint density at radius 2 is 1.84 bits per heavy atom. The maximum absolute atomic E-state index is 13.0. The molecule has 1 amide bonds. The van der Waals surface area contributed by atoms with Crippen LogP contribution in [-0.2, 0) is 24.8 Å². The van der Waals surface area contributed by atoms with Gasteiger partial charge >= 0.3 is 0 Å². The van der Waals surface area contributed by atoms with E-state index in [0.29, 0.717) is 11.4 Å². The van der Waals surface area contributed by atoms with E-state index >= 15 is 0 Å². The molecule has 0 atom stereocenters. The summed E-state index contributed by atoms with van der Waals surface area (Å²) in [6.45, 7) is 0.196. The highest BCUT2D eigenvalue weighted by atomic mass is 32.2. The first-order valence-electron chi connectivity index (χ1n) is 9.60. The maximum atomic E-state index is 13.0. The van der Waals surface area contributed by atoms with E-state index in [1.54, 1.807) is 47.4 Å². The Hall–Kier alpha value is -3.44. The summed E-state index contributed by atoms with van der Waals surface area (Å²) in [5.74, 6) is -0.338. The quantitative estimate of drug-likeness (QED) is 0.711. The fourth-order valence-electron chi connectivity index (χ4n) is 3.21. The van der Waals surface area contributed by atoms with Gasteiger partial charge in [0.1, 0.15) is 5.84 Å². The molecular weight excluding hydrogens is 452 g/mol. The third-order valence-electron chi connectivity index (χ3n) is 4.96. The molecular formula is C21H20N4O5S2. The van der Waals surface area contributed by atoms with E-state index < -0.39 is 26.0 Å². The second-order valence-corrected chi connectivity index (χ2v) is 10.9. The molecule has 0 aliphatic carbocycles. The Morgan fingerprint density at radius 3 is 2.59 bits per heavy atom. The van der Waals surface area contributed by atoms with E-state index in [1.165, 1.54) is 41.8 Å². The summed E-state index contributed by atoms with van der Waals surface area (Å²) >= 11 is 0. The number of anilines is 2. The number of hydrogen-bond acceptors (Lipinski definition) is 6. The molecule has 0 radical (unpaired) electrons. The second kappa shape index (κ2) is 8.24. The van der Waals surface area contributed by atoms with Gasteiger partial charge in [-0.1, -0.05) is 24.3 Å². The number of sulfonamides is 2. The maximum Gasteiger partial charge on any atom is 0.264 e. The number of nitrogens with zero attached hydrogens (tertiary/aromatic N) is 3. The van der Waals surface area contributed by atoms with Crippen molar-refractivity contribution in [1.29, 1.82) is 0 Å². The van der Waals surface area contributed by atoms with Gasteiger partial charge in [0.25, 0.3) is 26.0 Å². The van der Waals surface area contributed by atoms with Crippen molar-refractivity contribution in [2.75, 3.05) is 29.0 Å². The smallest absolute Gasteiger partial charge is 0.264 e. The summed E-state index contributed by atoms with van der Waals surface area (Å²) in [6, 6.07) is 14.7. The van der Waals surface area contributed by atoms with Crippen molar-refractivity contribution < 1.29 is 21.6 Å². The fraction of sp³-hybridized carbons (Fsp3) is 0.143. The number of amides is 1. The standard InChI is InChI=1S/C21H20N4O5S2/c1-24(18-7-3-2-4-8-18)32(29,30)19-9-5-6-17(14-19)22-21(26)16-10-11-20-23-31(27,28)13-12-25(20)15-16/h2-11,14-15H,12-13H2,1H3,(H,22,26). The van der Waals surface area contributed by atoms with E-state index in [4.69, 9.17) is 0 Å². The fourth-order valence-corrected chi connectivity index (χ4v) is 5.42. The number of carbonyl (C=O) groups is 1. The summed E-state index contributed by atoms with van der Waals surface area (Å²) in [4.78, 5) is 14.3. The molecule has 2 aromatic rings. The molecule has 0 bridgehead atoms. The summed E-state index contributed by atoms with van der Waals surface area (Å²) in [6.07, 6.45) is 4.45. The number of nitrogens with one attached hydrogen (secondary N) is 1. The lowest BCUT2D eigenvalue weighted by Crippen LogP contribution is -2.37. The minimum absolute atomic E-state index is 0.0328. The number of para-hydroxylation sites is 1. The van der Waals surface area contributed by atoms with E-state index in [0.717, 1.165) is 0 Å². The molecule has 0 aromatic heterocycles. The zero-order chi connectivity index (χ0) is 22.9. The molecule has 2 aliphatic heterocycles. The van der Waals surface area contributed by atoms with Crippen LogP contribution in [0.2, 0.25) is 0 Å². The minimum Gasteiger partial charge on any atom is -0.330 e. The first-order chi connectivity index (χ1) is 15.2. The first-order valence-corrected chi connectivity index (χ1v) is 12.7. The molecule has 0 saturated carbocycles. The van der Waals surface area contributed by atoms with Crippen LogP contribution in [0.4, 0.5) is 11.4 Å². The third kappa shape index (κ3) is 4.43. The van der Waals surface area contributed by atoms with Crippen LogP contribution in [0.15, 0.2) is 87.8 Å². The van der Waals surface area contributed by atoms with Crippen LogP contribution in [0.3, 0.4) is 0 Å². The SMILES string of the molecule is CN(c1ccccc1)S(=O)(=O)c1cccc(NC(=O)C2=CN3CCS(=O)(=O)N=C3C=C2)c1. The van der Waals surface area contributed by atoms with E-state index in [1.807, 2.05) is 0 Å². The van der Waals surface area contributed by atoms with Crippen molar-refractivity contribution in [2.45, 2.75) is 4.90 Å². The highest BCUT2D eigenvalue weighted by molar-refractivity contribution is 7.92. The van der Waals surface area contributed by atoms with Crippen molar-refractivity contribution in [3.63, 3.8) is 0 Å². The molecule has 2 aliphatic rings. The zero-order valence-corrected chi connectivity index (χ0v) is 18.7. The average Bonchev–Trinajstić information content (AvgIpc) is 2.78. The second-order valence-electron chi connectivity index (χ2n) is 7.14. The number of fused-ring (bicyclic) bond motifs is 1. The highest BCUT2D eigenvalue weighted by Crippen LogP contribution is 2.24. The van der Waals surface area contributed by atoms with Crippen LogP contribution in [0.5, 0.6) is 0 Å². The number of carbonyl (C=O) groups excluding carboxylic acids is 1. The molecule has 0 fully saturated rings. The van der Waals surface area contributed by atoms with Crippen molar-refractivity contribution >= 4 is 43.2 Å². The minimum atomic E-state index is -3.83. The number of hydrogen-bond donors (Lipinski definition) is 1. The number of amidine groups is 1. The largest absolute Gasteiger partial charge is 0.330 e. The van der Waals surface area contributed by atoms with Crippen LogP contribution >= 0.6 is 0 Å². The predicted octanol–water partition coefficient (Wildman–Crippen LogP) is 1.95. The van der Waals surface area contributed by atoms with Crippen LogP contribution < -0.4 is 9.62 Å². The van der Waals surface area contributed by atoms with Crippen LogP contribution in [0, 0.1) is 0 Å². The van der Waals surface area contributed by atoms with E-state index in [2.05, 4.69) is 9.71 Å². The van der Waals surface area contributed by atoms with Gasteiger partial charge in [0.2, 0.25) is 0 Å². The average molecular weight is 473 g/mol. The number of benzene rings is 2. The summed E-state index contributed by atoms with van der Waals surface area (Å²) in [7, 11) is -5.85. The van der Waals surface area contributed by atoms with Gasteiger partial charge in [-0.2, -0.15) is 0 Å². The lowest BCUT2D eigenvalue weighted by molar-refractivity contribution is -0.112. The summed E-state index contributed by atoms with van der Waals surface area (Å²) in [5.41, 5.74) is 1.12. The van der Waals surface area contributed by atoms with Crippen LogP contribution in [0.25, 0.3) is 0 Å². The first kappa shape index (κ1) is 21.8. The Labute approximate surface area is 186 Å². The normalized spacial score (nSPS) is 17.1. The molecule has 4 rings (SSSR count). The zero-order valence-electron chi connectivity index (χ0n) is 17.0. The number of rotatable bonds is 5. The summed E-state index contributed by atoms with van der Waals surface area (Å²) < 4.78 is 54.1. The van der Waals surface area contributed by atoms with Gasteiger partial charge in [0, 0.05) is 25.5 Å². The molecule has 1 N–H and O–H groups in total. The van der Waals surface area contributed by atoms with Crippen LogP contribution in [0.1, 0.15) is 0 Å². The highest BCUT2D eigenvalue weighted by Gasteiger charge is 2.25. The van der Waals surface area contributed by atoms with Gasteiger partial charge < -0.3 is 10.2 Å². The van der Waals surface area contributed by atoms with Gasteiger partial charge in [0.05, 0.1) is 21.9 Å². The lowest BCUT2D eigenvalue weighted by atomic mass is 10.1. The Morgan fingerprint density at radius 1 is 1.09 bits per heavy atom. The van der Waals surface area contributed by atoms with Gasteiger partial charge in [-0.05, 0) is 42.5 Å². The molecule has 166 valence electrons. The third-order valence-corrected chi connectivity index (χ3v) is 7.90. The molecule has 2 aromatic carbocycles. The molecule has 0 saturated heterocycles. The molecule has 0 unspecified atom stereocenters. The van der Waals surface area contributed by atoms with Gasteiger partial charge in [-0.25, -0.2) is 16.8 Å². The molecule has 32 heavy (non-hydrogen) atoms. The van der Waals surface area contributed by atoms with Gasteiger partial charge in [-0.3, -0.25) is 9.10 Å². The predicted molar refractivity (Wildman–Crippen MR) is 122 cm³/mol. The van der Waals surface area contributed by atoms with Crippen LogP contribution in [-0.4, -0.2) is 52.8 Å². The summed E-state index contributed by atoms with van der Waals surface area (Å²) in [5, 5.41) is 2.69. The van der Waals surface area contributed by atoms with Crippen molar-refractivity contribution in [1.82, 2.24) is 4.90 Å². The molecule has 11 heteroatoms. The lowest BCUT2D eigenvalue weighted by Gasteiger charge is -2.27. The van der Waals surface area contributed by atoms with E-state index in [9.17, 15) is 21.6 Å². The molecule has 9 nitrogen and oxygen atoms in total. The monoisotopic (exact) mass is 472 g/mol. The van der Waals surface area contributed by atoms with Crippen molar-refractivity contribution in [3.05, 3.63) is 78.5 Å². The molecule has 2 heterocycles. The van der Waals surface area contributed by atoms with Gasteiger partial charge in [-0.15, -0.1) is 4.40 Å². The van der Waals surface area contributed by atoms with Crippen molar-refractivity contribution in [3.8, 4) is 0 Å².